The fourth-order valence-corrected chi connectivity index (χ4v) is 4.39. The van der Waals surface area contributed by atoms with Crippen LogP contribution in [0.5, 0.6) is 0 Å². The van der Waals surface area contributed by atoms with E-state index in [0.717, 1.165) is 46.8 Å². The van der Waals surface area contributed by atoms with Gasteiger partial charge in [0.05, 0.1) is 17.9 Å². The number of nitrogens with zero attached hydrogens (tertiary/aromatic N) is 1. The predicted molar refractivity (Wildman–Crippen MR) is 116 cm³/mol. The summed E-state index contributed by atoms with van der Waals surface area (Å²) in [6.45, 7) is 4.76. The molecule has 0 saturated heterocycles. The SMILES string of the molecule is Br.CCCC(CCC)NCC(=O)N1c2ccccc2Sc2ccccc21. The number of rotatable bonds is 7. The van der Waals surface area contributed by atoms with Crippen molar-refractivity contribution in [2.24, 2.45) is 0 Å². The Bertz CT molecular complexity index is 686. The van der Waals surface area contributed by atoms with Crippen molar-refractivity contribution in [2.75, 3.05) is 11.4 Å². The first-order chi connectivity index (χ1) is 12.2. The summed E-state index contributed by atoms with van der Waals surface area (Å²) in [6.07, 6.45) is 4.50. The monoisotopic (exact) mass is 434 g/mol. The maximum absolute atomic E-state index is 13.1. The number of halogens is 1. The molecule has 1 amide bonds. The molecule has 0 spiro atoms. The number of benzene rings is 2. The lowest BCUT2D eigenvalue weighted by atomic mass is 10.1. The van der Waals surface area contributed by atoms with E-state index in [2.05, 4.69) is 31.3 Å². The predicted octanol–water partition coefficient (Wildman–Crippen LogP) is 5.95. The van der Waals surface area contributed by atoms with Crippen molar-refractivity contribution >= 4 is 46.0 Å². The molecule has 1 aliphatic rings. The molecule has 0 aliphatic carbocycles. The van der Waals surface area contributed by atoms with Crippen molar-refractivity contribution in [1.29, 1.82) is 0 Å². The highest BCUT2D eigenvalue weighted by Crippen LogP contribution is 2.47. The summed E-state index contributed by atoms with van der Waals surface area (Å²) >= 11 is 1.73. The van der Waals surface area contributed by atoms with E-state index in [1.807, 2.05) is 41.3 Å². The lowest BCUT2D eigenvalue weighted by molar-refractivity contribution is -0.117. The number of hydrogen-bond acceptors (Lipinski definition) is 3. The first-order valence-electron chi connectivity index (χ1n) is 9.16. The highest BCUT2D eigenvalue weighted by molar-refractivity contribution is 8.93. The summed E-state index contributed by atoms with van der Waals surface area (Å²) < 4.78 is 0. The zero-order valence-electron chi connectivity index (χ0n) is 15.4. The summed E-state index contributed by atoms with van der Waals surface area (Å²) in [7, 11) is 0. The van der Waals surface area contributed by atoms with Crippen molar-refractivity contribution in [3.8, 4) is 0 Å². The van der Waals surface area contributed by atoms with Gasteiger partial charge in [0.2, 0.25) is 5.91 Å². The molecule has 2 aromatic rings. The van der Waals surface area contributed by atoms with Gasteiger partial charge < -0.3 is 5.32 Å². The Morgan fingerprint density at radius 2 is 1.46 bits per heavy atom. The van der Waals surface area contributed by atoms with Crippen molar-refractivity contribution in [3.63, 3.8) is 0 Å². The van der Waals surface area contributed by atoms with Gasteiger partial charge >= 0.3 is 0 Å². The minimum Gasteiger partial charge on any atom is -0.306 e. The van der Waals surface area contributed by atoms with Crippen LogP contribution in [-0.4, -0.2) is 18.5 Å². The van der Waals surface area contributed by atoms with Crippen LogP contribution in [0.25, 0.3) is 0 Å². The molecule has 0 radical (unpaired) electrons. The average molecular weight is 435 g/mol. The average Bonchev–Trinajstić information content (AvgIpc) is 2.64. The van der Waals surface area contributed by atoms with Crippen molar-refractivity contribution in [2.45, 2.75) is 55.4 Å². The summed E-state index contributed by atoms with van der Waals surface area (Å²) in [6, 6.07) is 16.7. The van der Waals surface area contributed by atoms with Crippen LogP contribution in [0, 0.1) is 0 Å². The van der Waals surface area contributed by atoms with Crippen LogP contribution in [0.3, 0.4) is 0 Å². The van der Waals surface area contributed by atoms with Crippen LogP contribution in [0.15, 0.2) is 58.3 Å². The molecule has 0 aromatic heterocycles. The summed E-state index contributed by atoms with van der Waals surface area (Å²) in [5, 5.41) is 3.48. The van der Waals surface area contributed by atoms with E-state index in [4.69, 9.17) is 0 Å². The van der Waals surface area contributed by atoms with E-state index in [0.29, 0.717) is 12.6 Å². The molecule has 3 nitrogen and oxygen atoms in total. The maximum atomic E-state index is 13.1. The molecular formula is C21H27BrN2OS. The van der Waals surface area contributed by atoms with E-state index in [1.165, 1.54) is 0 Å². The van der Waals surface area contributed by atoms with Gasteiger partial charge in [-0.05, 0) is 37.1 Å². The van der Waals surface area contributed by atoms with E-state index in [1.54, 1.807) is 11.8 Å². The molecule has 26 heavy (non-hydrogen) atoms. The summed E-state index contributed by atoms with van der Waals surface area (Å²) in [4.78, 5) is 17.2. The Morgan fingerprint density at radius 1 is 0.962 bits per heavy atom. The molecule has 5 heteroatoms. The van der Waals surface area contributed by atoms with Crippen LogP contribution in [0.1, 0.15) is 39.5 Å². The third-order valence-electron chi connectivity index (χ3n) is 4.50. The number of carbonyl (C=O) groups excluding carboxylic acids is 1. The Hall–Kier alpha value is -1.30. The van der Waals surface area contributed by atoms with Gasteiger partial charge in [-0.3, -0.25) is 9.69 Å². The standard InChI is InChI=1S/C21H26N2OS.BrH/c1-3-9-16(10-4-2)22-15-21(24)23-17-11-5-7-13-19(17)25-20-14-8-6-12-18(20)23;/h5-8,11-14,16,22H,3-4,9-10,15H2,1-2H3;1H. The van der Waals surface area contributed by atoms with Crippen molar-refractivity contribution in [1.82, 2.24) is 5.32 Å². The Morgan fingerprint density at radius 3 is 1.96 bits per heavy atom. The number of fused-ring (bicyclic) bond motifs is 2. The quantitative estimate of drug-likeness (QED) is 0.583. The first kappa shape index (κ1) is 21.0. The molecule has 1 heterocycles. The van der Waals surface area contributed by atoms with E-state index >= 15 is 0 Å². The number of anilines is 2. The fourth-order valence-electron chi connectivity index (χ4n) is 3.33. The number of amides is 1. The van der Waals surface area contributed by atoms with Crippen LogP contribution in [0.4, 0.5) is 11.4 Å². The first-order valence-corrected chi connectivity index (χ1v) is 9.98. The third-order valence-corrected chi connectivity index (χ3v) is 5.63. The van der Waals surface area contributed by atoms with Crippen LogP contribution < -0.4 is 10.2 Å². The Kier molecular flexibility index (Phi) is 8.19. The van der Waals surface area contributed by atoms with Gasteiger partial charge in [0, 0.05) is 15.8 Å². The molecule has 3 rings (SSSR count). The molecular weight excluding hydrogens is 408 g/mol. The maximum Gasteiger partial charge on any atom is 0.245 e. The largest absolute Gasteiger partial charge is 0.306 e. The topological polar surface area (TPSA) is 32.3 Å². The minimum absolute atomic E-state index is 0. The van der Waals surface area contributed by atoms with E-state index in [-0.39, 0.29) is 22.9 Å². The Labute approximate surface area is 171 Å². The van der Waals surface area contributed by atoms with Gasteiger partial charge in [0.15, 0.2) is 0 Å². The van der Waals surface area contributed by atoms with Gasteiger partial charge in [0.1, 0.15) is 0 Å². The minimum atomic E-state index is 0. The molecule has 0 bridgehead atoms. The zero-order valence-corrected chi connectivity index (χ0v) is 17.9. The second-order valence-electron chi connectivity index (χ2n) is 6.42. The normalized spacial score (nSPS) is 12.3. The molecule has 0 atom stereocenters. The molecule has 0 saturated carbocycles. The van der Waals surface area contributed by atoms with Crippen LogP contribution in [0.2, 0.25) is 0 Å². The lowest BCUT2D eigenvalue weighted by Crippen LogP contribution is -2.40. The Balaban J connectivity index is 0.00000243. The summed E-state index contributed by atoms with van der Waals surface area (Å²) in [5.74, 6) is 0.109. The van der Waals surface area contributed by atoms with Gasteiger partial charge in [-0.25, -0.2) is 0 Å². The number of carbonyl (C=O) groups is 1. The van der Waals surface area contributed by atoms with Gasteiger partial charge in [-0.15, -0.1) is 17.0 Å². The molecule has 1 aliphatic heterocycles. The molecule has 2 aromatic carbocycles. The van der Waals surface area contributed by atoms with Crippen LogP contribution in [-0.2, 0) is 4.79 Å². The van der Waals surface area contributed by atoms with Crippen LogP contribution >= 0.6 is 28.7 Å². The molecule has 0 unspecified atom stereocenters. The summed E-state index contributed by atoms with van der Waals surface area (Å²) in [5.41, 5.74) is 1.97. The van der Waals surface area contributed by atoms with E-state index < -0.39 is 0 Å². The third kappa shape index (κ3) is 4.70. The highest BCUT2D eigenvalue weighted by atomic mass is 79.9. The van der Waals surface area contributed by atoms with Crippen molar-refractivity contribution in [3.05, 3.63) is 48.5 Å². The number of hydrogen-bond donors (Lipinski definition) is 1. The number of nitrogens with one attached hydrogen (secondary N) is 1. The second kappa shape index (κ2) is 10.1. The highest BCUT2D eigenvalue weighted by Gasteiger charge is 2.27. The fraction of sp³-hybridized carbons (Fsp3) is 0.381. The molecule has 140 valence electrons. The number of para-hydroxylation sites is 2. The van der Waals surface area contributed by atoms with E-state index in [9.17, 15) is 4.79 Å². The lowest BCUT2D eigenvalue weighted by Gasteiger charge is -2.31. The second-order valence-corrected chi connectivity index (χ2v) is 7.51. The van der Waals surface area contributed by atoms with Gasteiger partial charge in [-0.1, -0.05) is 62.7 Å². The smallest absolute Gasteiger partial charge is 0.245 e. The van der Waals surface area contributed by atoms with Gasteiger partial charge in [-0.2, -0.15) is 0 Å². The molecule has 1 N–H and O–H groups in total. The zero-order chi connectivity index (χ0) is 17.6. The van der Waals surface area contributed by atoms with Gasteiger partial charge in [0.25, 0.3) is 0 Å². The van der Waals surface area contributed by atoms with Crippen molar-refractivity contribution < 1.29 is 4.79 Å². The molecule has 0 fully saturated rings.